The van der Waals surface area contributed by atoms with Crippen molar-refractivity contribution in [3.63, 3.8) is 0 Å². The molecule has 0 saturated carbocycles. The van der Waals surface area contributed by atoms with E-state index >= 15 is 0 Å². The van der Waals surface area contributed by atoms with Gasteiger partial charge in [0.2, 0.25) is 0 Å². The summed E-state index contributed by atoms with van der Waals surface area (Å²) in [5.74, 6) is 0.577. The van der Waals surface area contributed by atoms with Gasteiger partial charge in [-0.25, -0.2) is 0 Å². The van der Waals surface area contributed by atoms with Crippen LogP contribution in [0.2, 0.25) is 0 Å². The number of piperidine rings is 1. The molecule has 0 aliphatic carbocycles. The minimum atomic E-state index is 0. The molecule has 1 aliphatic rings. The molecule has 1 aliphatic heterocycles. The Hall–Kier alpha value is -0.835. The Morgan fingerprint density at radius 3 is 2.18 bits per heavy atom. The molecule has 1 saturated heterocycles. The first-order valence-corrected chi connectivity index (χ1v) is 6.00. The fourth-order valence-electron chi connectivity index (χ4n) is 2.27. The predicted molar refractivity (Wildman–Crippen MR) is 73.9 cm³/mol. The number of benzene rings is 1. The van der Waals surface area contributed by atoms with Crippen LogP contribution in [0.25, 0.3) is 0 Å². The van der Waals surface area contributed by atoms with Crippen LogP contribution in [0.1, 0.15) is 26.2 Å². The first-order chi connectivity index (χ1) is 7.36. The summed E-state index contributed by atoms with van der Waals surface area (Å²) in [6, 6.07) is 10.6. The molecule has 2 rings (SSSR count). The summed E-state index contributed by atoms with van der Waals surface area (Å²) in [7, 11) is 2.37. The van der Waals surface area contributed by atoms with E-state index in [1.165, 1.54) is 37.8 Å². The summed E-state index contributed by atoms with van der Waals surface area (Å²) in [5.41, 5.74) is 1.34. The van der Waals surface area contributed by atoms with E-state index in [0.29, 0.717) is 5.94 Å². The molecular weight excluding hydrogens is 213 g/mol. The second-order valence-electron chi connectivity index (χ2n) is 4.41. The maximum Gasteiger partial charge on any atom is 0.173 e. The second-order valence-corrected chi connectivity index (χ2v) is 4.41. The van der Waals surface area contributed by atoms with E-state index in [9.17, 15) is 0 Å². The van der Waals surface area contributed by atoms with Crippen molar-refractivity contribution in [2.24, 2.45) is 0 Å². The van der Waals surface area contributed by atoms with Crippen molar-refractivity contribution >= 4 is 12.7 Å². The molecule has 0 aromatic heterocycles. The van der Waals surface area contributed by atoms with Crippen molar-refractivity contribution < 1.29 is 11.0 Å². The summed E-state index contributed by atoms with van der Waals surface area (Å²) >= 11 is 0. The summed E-state index contributed by atoms with van der Waals surface area (Å²) in [6.07, 6.45) is 4.15. The molecule has 95 valence electrons. The smallest absolute Gasteiger partial charge is 0.173 e. The lowest BCUT2D eigenvalue weighted by atomic mass is 9.63. The van der Waals surface area contributed by atoms with Gasteiger partial charge in [-0.05, 0) is 31.9 Å². The van der Waals surface area contributed by atoms with E-state index in [4.69, 9.17) is 0 Å². The van der Waals surface area contributed by atoms with Crippen LogP contribution in [-0.2, 0) is 0 Å². The van der Waals surface area contributed by atoms with Gasteiger partial charge in [-0.15, -0.1) is 0 Å². The molecule has 0 bridgehead atoms. The van der Waals surface area contributed by atoms with Crippen LogP contribution in [0.5, 0.6) is 0 Å². The van der Waals surface area contributed by atoms with Crippen LogP contribution in [0.3, 0.4) is 0 Å². The maximum absolute atomic E-state index is 2.58. The van der Waals surface area contributed by atoms with Gasteiger partial charge < -0.3 is 15.9 Å². The maximum atomic E-state index is 2.58. The van der Waals surface area contributed by atoms with E-state index < -0.39 is 0 Å². The Labute approximate surface area is 105 Å². The standard InChI is InChI=1S/C13H19BN.2H2O/c1-12(15-10-6-3-7-11-15)14-13-8-4-2-5-9-13;;/h2,4-5,8-9,12H,3,6-7,10-11H2,1H3;2*1H2. The van der Waals surface area contributed by atoms with Gasteiger partial charge in [0.1, 0.15) is 0 Å². The van der Waals surface area contributed by atoms with Crippen LogP contribution in [0.15, 0.2) is 30.3 Å². The lowest BCUT2D eigenvalue weighted by Crippen LogP contribution is -2.44. The minimum absolute atomic E-state index is 0. The minimum Gasteiger partial charge on any atom is -0.412 e. The van der Waals surface area contributed by atoms with Crippen LogP contribution in [0.4, 0.5) is 0 Å². The van der Waals surface area contributed by atoms with E-state index in [2.05, 4.69) is 49.4 Å². The Morgan fingerprint density at radius 2 is 1.59 bits per heavy atom. The van der Waals surface area contributed by atoms with Crippen molar-refractivity contribution in [1.29, 1.82) is 0 Å². The average Bonchev–Trinajstić information content (AvgIpc) is 2.31. The van der Waals surface area contributed by atoms with Gasteiger partial charge in [0, 0.05) is 0 Å². The van der Waals surface area contributed by atoms with E-state index in [1.54, 1.807) is 0 Å². The monoisotopic (exact) mass is 236 g/mol. The number of hydrogen-bond donors (Lipinski definition) is 0. The van der Waals surface area contributed by atoms with Gasteiger partial charge in [-0.3, -0.25) is 0 Å². The molecule has 1 aromatic carbocycles. The Kier molecular flexibility index (Phi) is 7.88. The van der Waals surface area contributed by atoms with Gasteiger partial charge in [0.05, 0.1) is 0 Å². The fourth-order valence-corrected chi connectivity index (χ4v) is 2.27. The van der Waals surface area contributed by atoms with Crippen molar-refractivity contribution in [3.05, 3.63) is 30.3 Å². The average molecular weight is 236 g/mol. The molecule has 1 fully saturated rings. The van der Waals surface area contributed by atoms with E-state index in [-0.39, 0.29) is 11.0 Å². The van der Waals surface area contributed by atoms with Crippen LogP contribution < -0.4 is 5.46 Å². The molecule has 4 heteroatoms. The highest BCUT2D eigenvalue weighted by atomic mass is 16.0. The molecule has 3 nitrogen and oxygen atoms in total. The zero-order valence-electron chi connectivity index (χ0n) is 10.5. The second kappa shape index (κ2) is 8.28. The molecule has 1 unspecified atom stereocenters. The third-order valence-electron chi connectivity index (χ3n) is 3.20. The molecule has 1 atom stereocenters. The molecular formula is C13H23BNO2. The molecule has 4 N–H and O–H groups in total. The number of rotatable bonds is 3. The largest absolute Gasteiger partial charge is 0.412 e. The third-order valence-corrected chi connectivity index (χ3v) is 3.20. The molecule has 1 aromatic rings. The van der Waals surface area contributed by atoms with Gasteiger partial charge in [-0.1, -0.05) is 49.1 Å². The SMILES string of the molecule is CC([B]c1ccccc1)N1CCCCC1.O.O. The van der Waals surface area contributed by atoms with Crippen molar-refractivity contribution in [2.75, 3.05) is 13.1 Å². The molecule has 1 heterocycles. The molecule has 17 heavy (non-hydrogen) atoms. The van der Waals surface area contributed by atoms with Crippen molar-refractivity contribution in [1.82, 2.24) is 4.90 Å². The normalized spacial score (nSPS) is 17.5. The van der Waals surface area contributed by atoms with Crippen molar-refractivity contribution in [3.8, 4) is 0 Å². The fraction of sp³-hybridized carbons (Fsp3) is 0.538. The zero-order valence-corrected chi connectivity index (χ0v) is 10.5. The Balaban J connectivity index is 0.00000128. The number of likely N-dealkylation sites (tertiary alicyclic amines) is 1. The highest BCUT2D eigenvalue weighted by Gasteiger charge is 2.17. The number of nitrogens with zero attached hydrogens (tertiary/aromatic N) is 1. The summed E-state index contributed by atoms with van der Waals surface area (Å²) < 4.78 is 0. The molecule has 0 spiro atoms. The highest BCUT2D eigenvalue weighted by Crippen LogP contribution is 2.11. The van der Waals surface area contributed by atoms with Crippen LogP contribution in [0, 0.1) is 0 Å². The third kappa shape index (κ3) is 4.90. The first-order valence-electron chi connectivity index (χ1n) is 6.00. The van der Waals surface area contributed by atoms with Gasteiger partial charge >= 0.3 is 0 Å². The Bertz CT molecular complexity index is 289. The topological polar surface area (TPSA) is 66.2 Å². The quantitative estimate of drug-likeness (QED) is 0.691. The number of hydrogen-bond acceptors (Lipinski definition) is 1. The van der Waals surface area contributed by atoms with Gasteiger partial charge in [0.25, 0.3) is 0 Å². The first kappa shape index (κ1) is 16.2. The van der Waals surface area contributed by atoms with E-state index in [1.807, 2.05) is 0 Å². The lowest BCUT2D eigenvalue weighted by Gasteiger charge is -2.32. The van der Waals surface area contributed by atoms with Gasteiger partial charge in [-0.2, -0.15) is 0 Å². The highest BCUT2D eigenvalue weighted by molar-refractivity contribution is 6.54. The summed E-state index contributed by atoms with van der Waals surface area (Å²) in [6.45, 7) is 4.84. The summed E-state index contributed by atoms with van der Waals surface area (Å²) in [5, 5.41) is 0. The summed E-state index contributed by atoms with van der Waals surface area (Å²) in [4.78, 5) is 2.58. The molecule has 0 amide bonds. The Morgan fingerprint density at radius 1 is 1.00 bits per heavy atom. The zero-order chi connectivity index (χ0) is 10.5. The lowest BCUT2D eigenvalue weighted by molar-refractivity contribution is 0.217. The van der Waals surface area contributed by atoms with Crippen LogP contribution >= 0.6 is 0 Å². The van der Waals surface area contributed by atoms with Gasteiger partial charge in [0.15, 0.2) is 7.28 Å². The molecule has 1 radical (unpaired) electrons. The predicted octanol–water partition coefficient (Wildman–Crippen LogP) is 0.199. The van der Waals surface area contributed by atoms with Crippen molar-refractivity contribution in [2.45, 2.75) is 32.1 Å². The van der Waals surface area contributed by atoms with E-state index in [0.717, 1.165) is 0 Å². The van der Waals surface area contributed by atoms with Crippen LogP contribution in [-0.4, -0.2) is 42.2 Å².